The molecule has 0 spiro atoms. The molecule has 1 unspecified atom stereocenters. The maximum atomic E-state index is 6.98. The molecule has 0 aliphatic carbocycles. The van der Waals surface area contributed by atoms with Crippen molar-refractivity contribution in [3.63, 3.8) is 0 Å². The quantitative estimate of drug-likeness (QED) is 0.634. The van der Waals surface area contributed by atoms with Crippen molar-refractivity contribution >= 4 is 5.69 Å². The molecule has 0 amide bonds. The number of hydrogen-bond acceptors (Lipinski definition) is 1. The van der Waals surface area contributed by atoms with E-state index in [4.69, 9.17) is 11.3 Å². The molecular formula is C13H15NO. The van der Waals surface area contributed by atoms with E-state index in [1.807, 2.05) is 12.1 Å². The van der Waals surface area contributed by atoms with E-state index in [1.165, 1.54) is 11.1 Å². The first-order valence-electron chi connectivity index (χ1n) is 5.30. The number of nitrogens with zero attached hydrogens (tertiary/aromatic N) is 1. The minimum Gasteiger partial charge on any atom is -0.376 e. The molecule has 1 aliphatic rings. The van der Waals surface area contributed by atoms with Crippen LogP contribution < -0.4 is 0 Å². The molecule has 2 nitrogen and oxygen atoms in total. The summed E-state index contributed by atoms with van der Waals surface area (Å²) in [7, 11) is 0. The molecule has 1 aromatic carbocycles. The van der Waals surface area contributed by atoms with Crippen LogP contribution in [0.25, 0.3) is 4.85 Å². The molecule has 0 saturated heterocycles. The molecule has 1 heterocycles. The molecule has 0 aromatic heterocycles. The Kier molecular flexibility index (Phi) is 2.75. The first-order valence-corrected chi connectivity index (χ1v) is 5.30. The van der Waals surface area contributed by atoms with E-state index in [2.05, 4.69) is 24.8 Å². The third kappa shape index (κ3) is 1.88. The molecule has 15 heavy (non-hydrogen) atoms. The van der Waals surface area contributed by atoms with Crippen molar-refractivity contribution < 1.29 is 4.74 Å². The molecule has 0 fully saturated rings. The summed E-state index contributed by atoms with van der Waals surface area (Å²) in [6.07, 6.45) is 0. The van der Waals surface area contributed by atoms with E-state index in [0.29, 0.717) is 24.1 Å². The van der Waals surface area contributed by atoms with Crippen LogP contribution in [0.1, 0.15) is 30.9 Å². The number of ether oxygens (including phenoxy) is 1. The van der Waals surface area contributed by atoms with Crippen LogP contribution in [0.5, 0.6) is 0 Å². The lowest BCUT2D eigenvalue weighted by Crippen LogP contribution is -2.20. The van der Waals surface area contributed by atoms with Crippen LogP contribution >= 0.6 is 0 Å². The Morgan fingerprint density at radius 2 is 2.27 bits per heavy atom. The van der Waals surface area contributed by atoms with Crippen LogP contribution in [-0.2, 0) is 11.3 Å². The zero-order chi connectivity index (χ0) is 10.8. The summed E-state index contributed by atoms with van der Waals surface area (Å²) in [5.41, 5.74) is 3.26. The van der Waals surface area contributed by atoms with Crippen LogP contribution in [0.4, 0.5) is 5.69 Å². The fourth-order valence-corrected chi connectivity index (χ4v) is 2.09. The second-order valence-corrected chi connectivity index (χ2v) is 4.36. The van der Waals surface area contributed by atoms with Crippen molar-refractivity contribution in [2.75, 3.05) is 6.61 Å². The van der Waals surface area contributed by atoms with Gasteiger partial charge >= 0.3 is 0 Å². The summed E-state index contributed by atoms with van der Waals surface area (Å²) in [4.78, 5) is 3.44. The van der Waals surface area contributed by atoms with E-state index in [-0.39, 0.29) is 0 Å². The monoisotopic (exact) mass is 201 g/mol. The lowest BCUT2D eigenvalue weighted by atomic mass is 9.85. The average Bonchev–Trinajstić information content (AvgIpc) is 2.27. The molecule has 78 valence electrons. The molecule has 1 aliphatic heterocycles. The van der Waals surface area contributed by atoms with Crippen LogP contribution in [0, 0.1) is 12.5 Å². The number of fused-ring (bicyclic) bond motifs is 1. The number of rotatable bonds is 1. The summed E-state index contributed by atoms with van der Waals surface area (Å²) in [6.45, 7) is 12.9. The zero-order valence-corrected chi connectivity index (χ0v) is 9.16. The standard InChI is InChI=1S/C13H15NO/c1-9(2)13-8-15-7-10-6-11(14-3)4-5-12(10)13/h4-6,9,13H,7-8H2,1-2H3. The highest BCUT2D eigenvalue weighted by Crippen LogP contribution is 2.34. The Balaban J connectivity index is 2.41. The average molecular weight is 201 g/mol. The lowest BCUT2D eigenvalue weighted by molar-refractivity contribution is 0.0793. The highest BCUT2D eigenvalue weighted by molar-refractivity contribution is 5.50. The molecule has 2 rings (SSSR count). The van der Waals surface area contributed by atoms with Gasteiger partial charge in [-0.15, -0.1) is 0 Å². The maximum absolute atomic E-state index is 6.98. The van der Waals surface area contributed by atoms with Crippen molar-refractivity contribution in [1.29, 1.82) is 0 Å². The fraction of sp³-hybridized carbons (Fsp3) is 0.462. The summed E-state index contributed by atoms with van der Waals surface area (Å²) in [6, 6.07) is 5.96. The largest absolute Gasteiger partial charge is 0.376 e. The molecule has 0 saturated carbocycles. The van der Waals surface area contributed by atoms with E-state index < -0.39 is 0 Å². The molecule has 0 N–H and O–H groups in total. The summed E-state index contributed by atoms with van der Waals surface area (Å²) < 4.78 is 5.57. The van der Waals surface area contributed by atoms with Crippen LogP contribution in [0.3, 0.4) is 0 Å². The predicted octanol–water partition coefficient (Wildman–Crippen LogP) is 3.51. The minimum atomic E-state index is 0.480. The molecule has 1 atom stereocenters. The van der Waals surface area contributed by atoms with Gasteiger partial charge in [-0.05, 0) is 17.0 Å². The first-order chi connectivity index (χ1) is 7.22. The van der Waals surface area contributed by atoms with Gasteiger partial charge in [0.1, 0.15) is 0 Å². The molecular weight excluding hydrogens is 186 g/mol. The normalized spacial score (nSPS) is 19.7. The number of benzene rings is 1. The van der Waals surface area contributed by atoms with Gasteiger partial charge in [0, 0.05) is 5.92 Å². The van der Waals surface area contributed by atoms with E-state index in [9.17, 15) is 0 Å². The summed E-state index contributed by atoms with van der Waals surface area (Å²) >= 11 is 0. The lowest BCUT2D eigenvalue weighted by Gasteiger charge is -2.28. The highest BCUT2D eigenvalue weighted by Gasteiger charge is 2.23. The first kappa shape index (κ1) is 10.2. The summed E-state index contributed by atoms with van der Waals surface area (Å²) in [5, 5.41) is 0. The topological polar surface area (TPSA) is 13.6 Å². The molecule has 0 bridgehead atoms. The molecule has 2 heteroatoms. The van der Waals surface area contributed by atoms with Gasteiger partial charge < -0.3 is 4.74 Å². The van der Waals surface area contributed by atoms with Gasteiger partial charge in [-0.3, -0.25) is 0 Å². The van der Waals surface area contributed by atoms with Gasteiger partial charge in [-0.2, -0.15) is 0 Å². The van der Waals surface area contributed by atoms with Gasteiger partial charge in [-0.25, -0.2) is 4.85 Å². The van der Waals surface area contributed by atoms with Crippen molar-refractivity contribution in [1.82, 2.24) is 0 Å². The fourth-order valence-electron chi connectivity index (χ4n) is 2.09. The highest BCUT2D eigenvalue weighted by atomic mass is 16.5. The van der Waals surface area contributed by atoms with Gasteiger partial charge in [0.05, 0.1) is 19.8 Å². The van der Waals surface area contributed by atoms with Gasteiger partial charge in [0.15, 0.2) is 5.69 Å². The number of hydrogen-bond donors (Lipinski definition) is 0. The third-order valence-corrected chi connectivity index (χ3v) is 3.01. The van der Waals surface area contributed by atoms with Crippen molar-refractivity contribution in [3.05, 3.63) is 40.7 Å². The van der Waals surface area contributed by atoms with Crippen molar-refractivity contribution in [2.24, 2.45) is 5.92 Å². The SMILES string of the molecule is [C-]#[N+]c1ccc2c(c1)COCC2C(C)C. The third-order valence-electron chi connectivity index (χ3n) is 3.01. The van der Waals surface area contributed by atoms with Crippen LogP contribution in [0.15, 0.2) is 18.2 Å². The Bertz CT molecular complexity index is 403. The van der Waals surface area contributed by atoms with Gasteiger partial charge in [0.2, 0.25) is 0 Å². The van der Waals surface area contributed by atoms with Gasteiger partial charge in [-0.1, -0.05) is 32.0 Å². The van der Waals surface area contributed by atoms with E-state index >= 15 is 0 Å². The van der Waals surface area contributed by atoms with Gasteiger partial charge in [0.25, 0.3) is 0 Å². The second-order valence-electron chi connectivity index (χ2n) is 4.36. The smallest absolute Gasteiger partial charge is 0.187 e. The Hall–Kier alpha value is -1.33. The Labute approximate surface area is 90.7 Å². The molecule has 0 radical (unpaired) electrons. The summed E-state index contributed by atoms with van der Waals surface area (Å²) in [5.74, 6) is 1.07. The maximum Gasteiger partial charge on any atom is 0.187 e. The minimum absolute atomic E-state index is 0.480. The Morgan fingerprint density at radius 3 is 2.93 bits per heavy atom. The molecule has 1 aromatic rings. The van der Waals surface area contributed by atoms with E-state index in [1.54, 1.807) is 0 Å². The second kappa shape index (κ2) is 4.04. The van der Waals surface area contributed by atoms with Crippen molar-refractivity contribution in [2.45, 2.75) is 26.4 Å². The predicted molar refractivity (Wildman–Crippen MR) is 59.9 cm³/mol. The van der Waals surface area contributed by atoms with E-state index in [0.717, 1.165) is 6.61 Å². The van der Waals surface area contributed by atoms with Crippen LogP contribution in [-0.4, -0.2) is 6.61 Å². The van der Waals surface area contributed by atoms with Crippen LogP contribution in [0.2, 0.25) is 0 Å². The zero-order valence-electron chi connectivity index (χ0n) is 9.16. The Morgan fingerprint density at radius 1 is 1.47 bits per heavy atom. The van der Waals surface area contributed by atoms with Crippen molar-refractivity contribution in [3.8, 4) is 0 Å².